The highest BCUT2D eigenvalue weighted by Crippen LogP contribution is 2.14. The summed E-state index contributed by atoms with van der Waals surface area (Å²) in [5.74, 6) is 1.48. The third-order valence-corrected chi connectivity index (χ3v) is 2.93. The van der Waals surface area contributed by atoms with E-state index < -0.39 is 0 Å². The maximum Gasteiger partial charge on any atom is 0.157 e. The Labute approximate surface area is 100 Å². The molecule has 0 spiro atoms. The lowest BCUT2D eigenvalue weighted by molar-refractivity contribution is 0.199. The van der Waals surface area contributed by atoms with Crippen LogP contribution in [0.25, 0.3) is 5.69 Å². The molecule has 1 N–H and O–H groups in total. The zero-order chi connectivity index (χ0) is 11.5. The van der Waals surface area contributed by atoms with Crippen molar-refractivity contribution in [3.63, 3.8) is 0 Å². The molecule has 88 valence electrons. The van der Waals surface area contributed by atoms with Crippen molar-refractivity contribution < 1.29 is 4.74 Å². The van der Waals surface area contributed by atoms with Gasteiger partial charge in [-0.15, -0.1) is 0 Å². The molecule has 2 heterocycles. The molecule has 3 rings (SSSR count). The highest BCUT2D eigenvalue weighted by Gasteiger charge is 2.17. The van der Waals surface area contributed by atoms with Gasteiger partial charge in [-0.1, -0.05) is 18.2 Å². The molecule has 1 aromatic carbocycles. The summed E-state index contributed by atoms with van der Waals surface area (Å²) in [7, 11) is 0. The van der Waals surface area contributed by atoms with Crippen LogP contribution >= 0.6 is 0 Å². The molecule has 1 aliphatic heterocycles. The second kappa shape index (κ2) is 4.59. The topological polar surface area (TPSA) is 39.1 Å². The molecule has 0 amide bonds. The molecule has 1 aromatic heterocycles. The van der Waals surface area contributed by atoms with Gasteiger partial charge in [0.25, 0.3) is 0 Å². The molecule has 0 saturated carbocycles. The lowest BCUT2D eigenvalue weighted by Gasteiger charge is -2.26. The van der Waals surface area contributed by atoms with Crippen LogP contribution < -0.4 is 10.1 Å². The largest absolute Gasteiger partial charge is 0.490 e. The SMILES string of the molecule is c1ccc(-n2cc(OCC3CNC3)cn2)cc1. The summed E-state index contributed by atoms with van der Waals surface area (Å²) in [6.07, 6.45) is 3.68. The summed E-state index contributed by atoms with van der Waals surface area (Å²) in [5, 5.41) is 7.51. The first-order chi connectivity index (χ1) is 8.42. The molecule has 0 aliphatic carbocycles. The maximum absolute atomic E-state index is 5.69. The van der Waals surface area contributed by atoms with Gasteiger partial charge in [-0.05, 0) is 12.1 Å². The van der Waals surface area contributed by atoms with E-state index in [-0.39, 0.29) is 0 Å². The minimum Gasteiger partial charge on any atom is -0.490 e. The van der Waals surface area contributed by atoms with Crippen molar-refractivity contribution in [2.45, 2.75) is 0 Å². The Bertz CT molecular complexity index is 476. The number of para-hydroxylation sites is 1. The van der Waals surface area contributed by atoms with Gasteiger partial charge in [0.15, 0.2) is 5.75 Å². The molecule has 2 aromatic rings. The summed E-state index contributed by atoms with van der Waals surface area (Å²) in [5.41, 5.74) is 1.05. The third kappa shape index (κ3) is 2.31. The minimum absolute atomic E-state index is 0.648. The minimum atomic E-state index is 0.648. The number of nitrogens with one attached hydrogen (secondary N) is 1. The van der Waals surface area contributed by atoms with E-state index in [1.54, 1.807) is 6.20 Å². The molecule has 4 heteroatoms. The quantitative estimate of drug-likeness (QED) is 0.863. The summed E-state index contributed by atoms with van der Waals surface area (Å²) < 4.78 is 7.52. The van der Waals surface area contributed by atoms with E-state index in [9.17, 15) is 0 Å². The fourth-order valence-electron chi connectivity index (χ4n) is 1.78. The lowest BCUT2D eigenvalue weighted by Crippen LogP contribution is -2.45. The first-order valence-corrected chi connectivity index (χ1v) is 5.85. The summed E-state index contributed by atoms with van der Waals surface area (Å²) >= 11 is 0. The van der Waals surface area contributed by atoms with Crippen molar-refractivity contribution in [3.8, 4) is 11.4 Å². The van der Waals surface area contributed by atoms with E-state index in [1.807, 2.05) is 41.2 Å². The second-order valence-electron chi connectivity index (χ2n) is 4.29. The number of nitrogens with zero attached hydrogens (tertiary/aromatic N) is 2. The van der Waals surface area contributed by atoms with Crippen molar-refractivity contribution in [3.05, 3.63) is 42.7 Å². The monoisotopic (exact) mass is 229 g/mol. The molecule has 0 unspecified atom stereocenters. The van der Waals surface area contributed by atoms with Crippen molar-refractivity contribution in [2.75, 3.05) is 19.7 Å². The van der Waals surface area contributed by atoms with E-state index in [0.29, 0.717) is 5.92 Å². The van der Waals surface area contributed by atoms with Gasteiger partial charge in [0, 0.05) is 19.0 Å². The summed E-state index contributed by atoms with van der Waals surface area (Å²) in [6, 6.07) is 10.0. The number of rotatable bonds is 4. The Balaban J connectivity index is 1.65. The fraction of sp³-hybridized carbons (Fsp3) is 0.308. The van der Waals surface area contributed by atoms with Crippen LogP contribution in [0.4, 0.5) is 0 Å². The lowest BCUT2D eigenvalue weighted by atomic mass is 10.1. The molecule has 17 heavy (non-hydrogen) atoms. The Hall–Kier alpha value is -1.81. The highest BCUT2D eigenvalue weighted by atomic mass is 16.5. The van der Waals surface area contributed by atoms with Crippen LogP contribution in [0, 0.1) is 5.92 Å². The van der Waals surface area contributed by atoms with E-state index in [2.05, 4.69) is 10.4 Å². The molecular weight excluding hydrogens is 214 g/mol. The molecular formula is C13H15N3O. The van der Waals surface area contributed by atoms with Gasteiger partial charge in [-0.3, -0.25) is 0 Å². The van der Waals surface area contributed by atoms with Crippen LogP contribution in [-0.4, -0.2) is 29.5 Å². The third-order valence-electron chi connectivity index (χ3n) is 2.93. The van der Waals surface area contributed by atoms with Gasteiger partial charge in [-0.25, -0.2) is 4.68 Å². The van der Waals surface area contributed by atoms with E-state index in [1.165, 1.54) is 0 Å². The zero-order valence-electron chi connectivity index (χ0n) is 9.54. The van der Waals surface area contributed by atoms with E-state index >= 15 is 0 Å². The van der Waals surface area contributed by atoms with Crippen molar-refractivity contribution in [1.29, 1.82) is 0 Å². The number of ether oxygens (including phenoxy) is 1. The highest BCUT2D eigenvalue weighted by molar-refractivity contribution is 5.32. The first kappa shape index (κ1) is 10.4. The number of hydrogen-bond acceptors (Lipinski definition) is 3. The molecule has 0 atom stereocenters. The predicted octanol–water partition coefficient (Wildman–Crippen LogP) is 1.47. The smallest absolute Gasteiger partial charge is 0.157 e. The zero-order valence-corrected chi connectivity index (χ0v) is 9.54. The van der Waals surface area contributed by atoms with E-state index in [0.717, 1.165) is 31.1 Å². The van der Waals surface area contributed by atoms with Crippen LogP contribution in [-0.2, 0) is 0 Å². The molecule has 0 bridgehead atoms. The van der Waals surface area contributed by atoms with Crippen LogP contribution in [0.5, 0.6) is 5.75 Å². The Morgan fingerprint density at radius 3 is 2.82 bits per heavy atom. The van der Waals surface area contributed by atoms with Crippen LogP contribution in [0.1, 0.15) is 0 Å². The van der Waals surface area contributed by atoms with Gasteiger partial charge in [-0.2, -0.15) is 5.10 Å². The van der Waals surface area contributed by atoms with Gasteiger partial charge in [0.2, 0.25) is 0 Å². The molecule has 1 saturated heterocycles. The Morgan fingerprint density at radius 2 is 2.12 bits per heavy atom. The molecule has 1 fully saturated rings. The Morgan fingerprint density at radius 1 is 1.29 bits per heavy atom. The summed E-state index contributed by atoms with van der Waals surface area (Å²) in [4.78, 5) is 0. The average molecular weight is 229 g/mol. The van der Waals surface area contributed by atoms with Gasteiger partial charge >= 0.3 is 0 Å². The van der Waals surface area contributed by atoms with Crippen LogP contribution in [0.2, 0.25) is 0 Å². The summed E-state index contributed by atoms with van der Waals surface area (Å²) in [6.45, 7) is 2.90. The number of aromatic nitrogens is 2. The average Bonchev–Trinajstić information content (AvgIpc) is 2.77. The van der Waals surface area contributed by atoms with Gasteiger partial charge in [0.1, 0.15) is 0 Å². The van der Waals surface area contributed by atoms with Crippen LogP contribution in [0.15, 0.2) is 42.7 Å². The standard InChI is InChI=1S/C13H15N3O/c1-2-4-12(5-3-1)16-9-13(8-15-16)17-10-11-6-14-7-11/h1-5,8-9,11,14H,6-7,10H2. The van der Waals surface area contributed by atoms with E-state index in [4.69, 9.17) is 4.74 Å². The van der Waals surface area contributed by atoms with Crippen molar-refractivity contribution >= 4 is 0 Å². The maximum atomic E-state index is 5.69. The Kier molecular flexibility index (Phi) is 2.80. The van der Waals surface area contributed by atoms with Gasteiger partial charge < -0.3 is 10.1 Å². The first-order valence-electron chi connectivity index (χ1n) is 5.85. The van der Waals surface area contributed by atoms with Crippen molar-refractivity contribution in [1.82, 2.24) is 15.1 Å². The van der Waals surface area contributed by atoms with Gasteiger partial charge in [0.05, 0.1) is 24.7 Å². The molecule has 0 radical (unpaired) electrons. The second-order valence-corrected chi connectivity index (χ2v) is 4.29. The van der Waals surface area contributed by atoms with Crippen molar-refractivity contribution in [2.24, 2.45) is 5.92 Å². The fourth-order valence-corrected chi connectivity index (χ4v) is 1.78. The number of benzene rings is 1. The normalized spacial score (nSPS) is 15.5. The predicted molar refractivity (Wildman–Crippen MR) is 65.4 cm³/mol. The molecule has 4 nitrogen and oxygen atoms in total. The van der Waals surface area contributed by atoms with Crippen LogP contribution in [0.3, 0.4) is 0 Å². The number of hydrogen-bond donors (Lipinski definition) is 1. The molecule has 1 aliphatic rings.